The number of aliphatic hydroxyl groups is 1. The van der Waals surface area contributed by atoms with Gasteiger partial charge in [0.05, 0.1) is 5.60 Å². The Morgan fingerprint density at radius 3 is 2.48 bits per heavy atom. The van der Waals surface area contributed by atoms with Crippen molar-refractivity contribution in [3.8, 4) is 5.88 Å². The van der Waals surface area contributed by atoms with Gasteiger partial charge in [-0.15, -0.1) is 5.06 Å². The Labute approximate surface area is 145 Å². The van der Waals surface area contributed by atoms with E-state index in [9.17, 15) is 9.90 Å². The summed E-state index contributed by atoms with van der Waals surface area (Å²) >= 11 is 0. The van der Waals surface area contributed by atoms with Gasteiger partial charge < -0.3 is 19.8 Å². The van der Waals surface area contributed by atoms with Crippen molar-refractivity contribution in [1.82, 2.24) is 10.0 Å². The van der Waals surface area contributed by atoms with E-state index in [4.69, 9.17) is 9.84 Å². The second-order valence-corrected chi connectivity index (χ2v) is 5.98. The van der Waals surface area contributed by atoms with Crippen LogP contribution in [0.5, 0.6) is 5.88 Å². The fraction of sp³-hybridized carbons (Fsp3) is 0.333. The van der Waals surface area contributed by atoms with Crippen molar-refractivity contribution in [2.75, 3.05) is 13.1 Å². The lowest BCUT2D eigenvalue weighted by Crippen LogP contribution is -2.43. The molecule has 1 aliphatic heterocycles. The third-order valence-corrected chi connectivity index (χ3v) is 4.26. The molecule has 2 heterocycles. The molecule has 0 radical (unpaired) electrons. The molecule has 7 heteroatoms. The molecule has 132 valence electrons. The predicted molar refractivity (Wildman–Crippen MR) is 88.8 cm³/mol. The van der Waals surface area contributed by atoms with Crippen molar-refractivity contribution in [3.05, 3.63) is 59.8 Å². The van der Waals surface area contributed by atoms with E-state index in [0.29, 0.717) is 44.0 Å². The lowest BCUT2D eigenvalue weighted by Gasteiger charge is -2.36. The quantitative estimate of drug-likeness (QED) is 0.861. The molecule has 1 aromatic carbocycles. The van der Waals surface area contributed by atoms with Crippen LogP contribution < -0.4 is 4.74 Å². The van der Waals surface area contributed by atoms with E-state index in [1.165, 1.54) is 5.06 Å². The highest BCUT2D eigenvalue weighted by molar-refractivity contribution is 5.56. The van der Waals surface area contributed by atoms with Crippen molar-refractivity contribution in [1.29, 1.82) is 0 Å². The number of benzene rings is 1. The number of nitrogens with zero attached hydrogens (tertiary/aromatic N) is 2. The Hall–Kier alpha value is -2.64. The van der Waals surface area contributed by atoms with Crippen LogP contribution in [0.2, 0.25) is 0 Å². The molecule has 7 nitrogen and oxygen atoms in total. The first-order valence-electron chi connectivity index (χ1n) is 8.07. The molecule has 0 saturated carbocycles. The van der Waals surface area contributed by atoms with Gasteiger partial charge in [0.25, 0.3) is 0 Å². The smallest absolute Gasteiger partial charge is 0.473 e. The summed E-state index contributed by atoms with van der Waals surface area (Å²) in [4.78, 5) is 19.4. The minimum atomic E-state index is -1.34. The van der Waals surface area contributed by atoms with Crippen LogP contribution in [0.3, 0.4) is 0 Å². The number of piperidine rings is 1. The van der Waals surface area contributed by atoms with Crippen LogP contribution in [0.4, 0.5) is 4.79 Å². The van der Waals surface area contributed by atoms with Gasteiger partial charge in [-0.05, 0) is 24.5 Å². The van der Waals surface area contributed by atoms with Crippen LogP contribution in [0.1, 0.15) is 24.0 Å². The van der Waals surface area contributed by atoms with Crippen molar-refractivity contribution >= 4 is 6.16 Å². The maximum absolute atomic E-state index is 10.8. The van der Waals surface area contributed by atoms with Crippen LogP contribution >= 0.6 is 0 Å². The summed E-state index contributed by atoms with van der Waals surface area (Å²) < 4.78 is 5.64. The molecular weight excluding hydrogens is 324 g/mol. The highest BCUT2D eigenvalue weighted by atomic mass is 16.8. The van der Waals surface area contributed by atoms with Crippen LogP contribution in [0.25, 0.3) is 0 Å². The normalized spacial score (nSPS) is 17.0. The van der Waals surface area contributed by atoms with Gasteiger partial charge in [-0.3, -0.25) is 0 Å². The molecule has 0 unspecified atom stereocenters. The van der Waals surface area contributed by atoms with Crippen LogP contribution in [0.15, 0.2) is 48.7 Å². The summed E-state index contributed by atoms with van der Waals surface area (Å²) in [5.74, 6) is 0.489. The SMILES string of the molecule is O=C(O)ON1CCC(O)(c2ccc(OCc3ccccc3)nc2)CC1. The van der Waals surface area contributed by atoms with Gasteiger partial charge in [0.2, 0.25) is 5.88 Å². The molecule has 25 heavy (non-hydrogen) atoms. The number of hydrogen-bond acceptors (Lipinski definition) is 6. The highest BCUT2D eigenvalue weighted by Crippen LogP contribution is 2.33. The Bertz CT molecular complexity index is 697. The van der Waals surface area contributed by atoms with E-state index >= 15 is 0 Å². The Balaban J connectivity index is 1.57. The first-order valence-corrected chi connectivity index (χ1v) is 8.07. The first kappa shape index (κ1) is 17.2. The number of ether oxygens (including phenoxy) is 1. The molecule has 0 amide bonds. The second kappa shape index (κ2) is 7.50. The zero-order chi connectivity index (χ0) is 17.7. The molecule has 3 rings (SSSR count). The Kier molecular flexibility index (Phi) is 5.16. The molecule has 0 aliphatic carbocycles. The Morgan fingerprint density at radius 1 is 1.16 bits per heavy atom. The average molecular weight is 344 g/mol. The summed E-state index contributed by atoms with van der Waals surface area (Å²) in [6.45, 7) is 1.09. The van der Waals surface area contributed by atoms with Gasteiger partial charge in [-0.2, -0.15) is 0 Å². The number of aromatic nitrogens is 1. The van der Waals surface area contributed by atoms with Crippen LogP contribution in [-0.2, 0) is 17.0 Å². The largest absolute Gasteiger partial charge is 0.525 e. The zero-order valence-electron chi connectivity index (χ0n) is 13.7. The molecule has 1 aliphatic rings. The molecule has 1 fully saturated rings. The summed E-state index contributed by atoms with van der Waals surface area (Å²) in [7, 11) is 0. The second-order valence-electron chi connectivity index (χ2n) is 5.98. The lowest BCUT2D eigenvalue weighted by molar-refractivity contribution is -0.163. The number of rotatable bonds is 5. The van der Waals surface area contributed by atoms with Gasteiger partial charge in [0.15, 0.2) is 0 Å². The predicted octanol–water partition coefficient (Wildman–Crippen LogP) is 2.55. The zero-order valence-corrected chi connectivity index (χ0v) is 13.7. The standard InChI is InChI=1S/C18H20N2O5/c21-17(22)25-20-10-8-18(23,9-11-20)15-6-7-16(19-12-15)24-13-14-4-2-1-3-5-14/h1-7,12,23H,8-11,13H2,(H,21,22). The van der Waals surface area contributed by atoms with Crippen molar-refractivity contribution in [2.45, 2.75) is 25.0 Å². The fourth-order valence-electron chi connectivity index (χ4n) is 2.82. The summed E-state index contributed by atoms with van der Waals surface area (Å²) in [5.41, 5.74) is 0.705. The summed E-state index contributed by atoms with van der Waals surface area (Å²) in [5, 5.41) is 20.7. The number of carboxylic acid groups (broad SMARTS) is 1. The van der Waals surface area contributed by atoms with Crippen LogP contribution in [0, 0.1) is 0 Å². The monoisotopic (exact) mass is 344 g/mol. The van der Waals surface area contributed by atoms with Crippen LogP contribution in [-0.4, -0.2) is 39.5 Å². The summed E-state index contributed by atoms with van der Waals surface area (Å²) in [6, 6.07) is 13.3. The third-order valence-electron chi connectivity index (χ3n) is 4.26. The number of hydroxylamine groups is 2. The molecule has 0 spiro atoms. The van der Waals surface area contributed by atoms with Gasteiger partial charge in [0.1, 0.15) is 6.61 Å². The van der Waals surface area contributed by atoms with Gasteiger partial charge >= 0.3 is 6.16 Å². The minimum absolute atomic E-state index is 0.328. The number of pyridine rings is 1. The Morgan fingerprint density at radius 2 is 1.88 bits per heavy atom. The van der Waals surface area contributed by atoms with Crippen molar-refractivity contribution in [3.63, 3.8) is 0 Å². The lowest BCUT2D eigenvalue weighted by atomic mass is 9.86. The van der Waals surface area contributed by atoms with E-state index in [2.05, 4.69) is 9.82 Å². The minimum Gasteiger partial charge on any atom is -0.473 e. The molecule has 0 bridgehead atoms. The summed E-state index contributed by atoms with van der Waals surface area (Å²) in [6.07, 6.45) is 0.999. The van der Waals surface area contributed by atoms with Gasteiger partial charge in [-0.25, -0.2) is 9.78 Å². The fourth-order valence-corrected chi connectivity index (χ4v) is 2.82. The van der Waals surface area contributed by atoms with E-state index in [1.54, 1.807) is 18.3 Å². The third kappa shape index (κ3) is 4.46. The molecular formula is C18H20N2O5. The van der Waals surface area contributed by atoms with Gasteiger partial charge in [0, 0.05) is 30.9 Å². The van der Waals surface area contributed by atoms with E-state index in [0.717, 1.165) is 5.56 Å². The highest BCUT2D eigenvalue weighted by Gasteiger charge is 2.35. The van der Waals surface area contributed by atoms with Crippen molar-refractivity contribution < 1.29 is 24.6 Å². The van der Waals surface area contributed by atoms with E-state index in [-0.39, 0.29) is 0 Å². The first-order chi connectivity index (χ1) is 12.0. The maximum Gasteiger partial charge on any atom is 0.525 e. The molecule has 2 aromatic rings. The average Bonchev–Trinajstić information content (AvgIpc) is 2.63. The molecule has 1 aromatic heterocycles. The number of carbonyl (C=O) groups is 1. The van der Waals surface area contributed by atoms with E-state index in [1.807, 2.05) is 30.3 Å². The molecule has 0 atom stereocenters. The topological polar surface area (TPSA) is 92.1 Å². The molecule has 2 N–H and O–H groups in total. The van der Waals surface area contributed by atoms with E-state index < -0.39 is 11.8 Å². The van der Waals surface area contributed by atoms with Crippen molar-refractivity contribution in [2.24, 2.45) is 0 Å². The molecule has 1 saturated heterocycles. The number of hydrogen-bond donors (Lipinski definition) is 2. The maximum atomic E-state index is 10.8. The van der Waals surface area contributed by atoms with Gasteiger partial charge in [-0.1, -0.05) is 30.3 Å².